The van der Waals surface area contributed by atoms with Crippen LogP contribution in [0, 0.1) is 5.82 Å². The molecular weight excluding hydrogens is 355 g/mol. The van der Waals surface area contributed by atoms with E-state index in [9.17, 15) is 14.3 Å². The van der Waals surface area contributed by atoms with Crippen LogP contribution in [0.3, 0.4) is 0 Å². The number of fused-ring (bicyclic) bond motifs is 3. The number of halogens is 1. The van der Waals surface area contributed by atoms with Gasteiger partial charge in [-0.15, -0.1) is 11.3 Å². The average Bonchev–Trinajstić information content (AvgIpc) is 3.20. The van der Waals surface area contributed by atoms with E-state index >= 15 is 0 Å². The zero-order valence-electron chi connectivity index (χ0n) is 14.2. The van der Waals surface area contributed by atoms with E-state index in [0.29, 0.717) is 10.9 Å². The number of aliphatic hydroxyl groups excluding tert-OH is 1. The Bertz CT molecular complexity index is 998. The van der Waals surface area contributed by atoms with Crippen molar-refractivity contribution in [3.8, 4) is 0 Å². The van der Waals surface area contributed by atoms with E-state index in [-0.39, 0.29) is 31.1 Å². The van der Waals surface area contributed by atoms with Crippen molar-refractivity contribution in [3.05, 3.63) is 62.8 Å². The van der Waals surface area contributed by atoms with Crippen molar-refractivity contribution in [2.75, 3.05) is 6.61 Å². The lowest BCUT2D eigenvalue weighted by molar-refractivity contribution is 0.0189. The maximum absolute atomic E-state index is 13.5. The van der Waals surface area contributed by atoms with Gasteiger partial charge in [-0.2, -0.15) is 0 Å². The summed E-state index contributed by atoms with van der Waals surface area (Å²) in [6.07, 6.45) is 3.63. The normalized spacial score (nSPS) is 14.7. The third-order valence-electron chi connectivity index (χ3n) is 4.62. The van der Waals surface area contributed by atoms with Crippen LogP contribution < -0.4 is 5.56 Å². The van der Waals surface area contributed by atoms with Gasteiger partial charge in [0.1, 0.15) is 10.6 Å². The minimum absolute atomic E-state index is 0.0144. The van der Waals surface area contributed by atoms with Crippen molar-refractivity contribution in [1.82, 2.24) is 9.55 Å². The lowest BCUT2D eigenvalue weighted by Gasteiger charge is -2.13. The largest absolute Gasteiger partial charge is 0.389 e. The van der Waals surface area contributed by atoms with Crippen LogP contribution >= 0.6 is 11.3 Å². The second-order valence-corrected chi connectivity index (χ2v) is 7.58. The maximum Gasteiger partial charge on any atom is 0.262 e. The van der Waals surface area contributed by atoms with Crippen LogP contribution in [0.2, 0.25) is 0 Å². The fraction of sp³-hybridized carbons (Fsp3) is 0.368. The third-order valence-corrected chi connectivity index (χ3v) is 5.82. The monoisotopic (exact) mass is 374 g/mol. The minimum Gasteiger partial charge on any atom is -0.389 e. The van der Waals surface area contributed by atoms with E-state index in [1.165, 1.54) is 21.8 Å². The zero-order valence-corrected chi connectivity index (χ0v) is 15.0. The van der Waals surface area contributed by atoms with E-state index in [1.54, 1.807) is 29.5 Å². The summed E-state index contributed by atoms with van der Waals surface area (Å²) >= 11 is 1.59. The molecule has 0 radical (unpaired) electrons. The van der Waals surface area contributed by atoms with Gasteiger partial charge in [0.25, 0.3) is 5.56 Å². The number of aryl methyl sites for hydroxylation is 2. The number of hydrogen-bond acceptors (Lipinski definition) is 5. The first-order valence-corrected chi connectivity index (χ1v) is 9.44. The van der Waals surface area contributed by atoms with Crippen molar-refractivity contribution < 1.29 is 14.2 Å². The standard InChI is InChI=1S/C19H19FN2O3S/c20-15-6-2-1-4-12(15)9-25-10-13(23)8-22-11-21-18-17(19(22)24)14-5-3-7-16(14)26-18/h1-2,4,6,11,13,23H,3,5,7-10H2. The maximum atomic E-state index is 13.5. The van der Waals surface area contributed by atoms with Gasteiger partial charge in [0.15, 0.2) is 0 Å². The van der Waals surface area contributed by atoms with Crippen molar-refractivity contribution in [3.63, 3.8) is 0 Å². The summed E-state index contributed by atoms with van der Waals surface area (Å²) in [5, 5.41) is 10.9. The first-order valence-electron chi connectivity index (χ1n) is 8.62. The second kappa shape index (κ2) is 7.26. The SMILES string of the molecule is O=c1c2c3c(sc2ncn1CC(O)COCc1ccccc1F)CCC3. The molecule has 2 aromatic heterocycles. The van der Waals surface area contributed by atoms with Gasteiger partial charge in [0, 0.05) is 10.4 Å². The fourth-order valence-corrected chi connectivity index (χ4v) is 4.57. The fourth-order valence-electron chi connectivity index (χ4n) is 3.35. The van der Waals surface area contributed by atoms with Crippen molar-refractivity contribution in [2.45, 2.75) is 38.5 Å². The van der Waals surface area contributed by atoms with E-state index < -0.39 is 6.10 Å². The van der Waals surface area contributed by atoms with Gasteiger partial charge >= 0.3 is 0 Å². The molecule has 3 aromatic rings. The molecule has 1 aliphatic carbocycles. The Morgan fingerprint density at radius 1 is 1.35 bits per heavy atom. The lowest BCUT2D eigenvalue weighted by atomic mass is 10.2. The number of aliphatic hydroxyl groups is 1. The second-order valence-electron chi connectivity index (χ2n) is 6.50. The highest BCUT2D eigenvalue weighted by Gasteiger charge is 2.21. The molecule has 0 saturated heterocycles. The Hall–Kier alpha value is -2.09. The molecular formula is C19H19FN2O3S. The zero-order chi connectivity index (χ0) is 18.1. The van der Waals surface area contributed by atoms with Crippen molar-refractivity contribution in [1.29, 1.82) is 0 Å². The predicted molar refractivity (Wildman–Crippen MR) is 98.0 cm³/mol. The highest BCUT2D eigenvalue weighted by atomic mass is 32.1. The smallest absolute Gasteiger partial charge is 0.262 e. The summed E-state index contributed by atoms with van der Waals surface area (Å²) in [5.74, 6) is -0.334. The quantitative estimate of drug-likeness (QED) is 0.721. The number of nitrogens with zero attached hydrogens (tertiary/aromatic N) is 2. The Balaban J connectivity index is 1.43. The molecule has 1 unspecified atom stereocenters. The van der Waals surface area contributed by atoms with Gasteiger partial charge in [-0.05, 0) is 30.9 Å². The topological polar surface area (TPSA) is 64.4 Å². The minimum atomic E-state index is -0.870. The molecule has 0 amide bonds. The summed E-state index contributed by atoms with van der Waals surface area (Å²) in [6, 6.07) is 6.36. The molecule has 136 valence electrons. The number of thiophene rings is 1. The van der Waals surface area contributed by atoms with Crippen LogP contribution in [0.4, 0.5) is 4.39 Å². The van der Waals surface area contributed by atoms with Crippen LogP contribution in [0.25, 0.3) is 10.2 Å². The highest BCUT2D eigenvalue weighted by molar-refractivity contribution is 7.18. The number of benzene rings is 1. The third kappa shape index (κ3) is 3.30. The van der Waals surface area contributed by atoms with Crippen LogP contribution in [-0.4, -0.2) is 27.4 Å². The Morgan fingerprint density at radius 3 is 3.04 bits per heavy atom. The van der Waals surface area contributed by atoms with E-state index in [4.69, 9.17) is 4.74 Å². The average molecular weight is 374 g/mol. The molecule has 1 atom stereocenters. The molecule has 0 bridgehead atoms. The van der Waals surface area contributed by atoms with Gasteiger partial charge < -0.3 is 9.84 Å². The van der Waals surface area contributed by atoms with Gasteiger partial charge in [-0.25, -0.2) is 9.37 Å². The molecule has 0 spiro atoms. The molecule has 0 aliphatic heterocycles. The van der Waals surface area contributed by atoms with Crippen LogP contribution in [0.15, 0.2) is 35.4 Å². The highest BCUT2D eigenvalue weighted by Crippen LogP contribution is 2.34. The molecule has 5 nitrogen and oxygen atoms in total. The van der Waals surface area contributed by atoms with Crippen LogP contribution in [0.1, 0.15) is 22.4 Å². The number of rotatable bonds is 6. The predicted octanol–water partition coefficient (Wildman–Crippen LogP) is 2.66. The molecule has 26 heavy (non-hydrogen) atoms. The summed E-state index contributed by atoms with van der Waals surface area (Å²) < 4.78 is 20.4. The molecule has 1 aliphatic rings. The summed E-state index contributed by atoms with van der Waals surface area (Å²) in [7, 11) is 0. The molecule has 4 rings (SSSR count). The lowest BCUT2D eigenvalue weighted by Crippen LogP contribution is -2.29. The van der Waals surface area contributed by atoms with Gasteiger partial charge in [-0.1, -0.05) is 18.2 Å². The molecule has 2 heterocycles. The Labute approximate surface area is 153 Å². The first-order chi connectivity index (χ1) is 12.6. The van der Waals surface area contributed by atoms with Crippen LogP contribution in [0.5, 0.6) is 0 Å². The summed E-state index contributed by atoms with van der Waals surface area (Å²) in [5.41, 5.74) is 1.46. The van der Waals surface area contributed by atoms with Gasteiger partial charge in [0.2, 0.25) is 0 Å². The number of aromatic nitrogens is 2. The van der Waals surface area contributed by atoms with E-state index in [0.717, 1.165) is 29.7 Å². The van der Waals surface area contributed by atoms with E-state index in [2.05, 4.69) is 4.98 Å². The molecule has 7 heteroatoms. The van der Waals surface area contributed by atoms with Gasteiger partial charge in [-0.3, -0.25) is 9.36 Å². The summed E-state index contributed by atoms with van der Waals surface area (Å²) in [4.78, 5) is 19.2. The van der Waals surface area contributed by atoms with Gasteiger partial charge in [0.05, 0.1) is 37.6 Å². The van der Waals surface area contributed by atoms with Crippen molar-refractivity contribution >= 4 is 21.6 Å². The Morgan fingerprint density at radius 2 is 2.19 bits per heavy atom. The number of ether oxygens (including phenoxy) is 1. The number of hydrogen-bond donors (Lipinski definition) is 1. The van der Waals surface area contributed by atoms with Crippen LogP contribution in [-0.2, 0) is 30.7 Å². The first kappa shape index (κ1) is 17.3. The molecule has 0 saturated carbocycles. The molecule has 1 N–H and O–H groups in total. The van der Waals surface area contributed by atoms with Crippen molar-refractivity contribution in [2.24, 2.45) is 0 Å². The summed E-state index contributed by atoms with van der Waals surface area (Å²) in [6.45, 7) is 0.193. The Kier molecular flexibility index (Phi) is 4.84. The molecule has 0 fully saturated rings. The van der Waals surface area contributed by atoms with E-state index in [1.807, 2.05) is 0 Å². The molecule has 1 aromatic carbocycles.